The zero-order chi connectivity index (χ0) is 25.2. The lowest BCUT2D eigenvalue weighted by Gasteiger charge is -2.39. The van der Waals surface area contributed by atoms with Crippen LogP contribution in [0.3, 0.4) is 0 Å². The van der Waals surface area contributed by atoms with Crippen LogP contribution >= 0.6 is 46.1 Å². The summed E-state index contributed by atoms with van der Waals surface area (Å²) >= 11 is 19.4. The van der Waals surface area contributed by atoms with Gasteiger partial charge in [0.1, 0.15) is 10.9 Å². The van der Waals surface area contributed by atoms with Crippen LogP contribution < -0.4 is 5.32 Å². The molecule has 2 fully saturated rings. The molecule has 2 aromatic rings. The number of benzene rings is 1. The average molecular weight is 580 g/mol. The highest BCUT2D eigenvalue weighted by Gasteiger charge is 2.40. The maximum atomic E-state index is 13.2. The van der Waals surface area contributed by atoms with Gasteiger partial charge in [-0.25, -0.2) is 13.4 Å². The molecular weight excluding hydrogens is 555 g/mol. The van der Waals surface area contributed by atoms with E-state index in [-0.39, 0.29) is 39.0 Å². The molecule has 2 aliphatic rings. The van der Waals surface area contributed by atoms with Crippen molar-refractivity contribution in [3.05, 3.63) is 38.8 Å². The summed E-state index contributed by atoms with van der Waals surface area (Å²) in [6, 6.07) is 1.92. The second-order valence-corrected chi connectivity index (χ2v) is 12.6. The van der Waals surface area contributed by atoms with Gasteiger partial charge in [-0.3, -0.25) is 9.59 Å². The molecular formula is C22H25Cl3N4O4S2. The Morgan fingerprint density at radius 1 is 1.14 bits per heavy atom. The molecule has 0 spiro atoms. The third kappa shape index (κ3) is 5.94. The van der Waals surface area contributed by atoms with Crippen molar-refractivity contribution in [3.63, 3.8) is 0 Å². The van der Waals surface area contributed by atoms with Crippen LogP contribution in [0.25, 0.3) is 0 Å². The molecule has 0 radical (unpaired) electrons. The molecule has 190 valence electrons. The maximum absolute atomic E-state index is 13.2. The van der Waals surface area contributed by atoms with E-state index < -0.39 is 28.5 Å². The summed E-state index contributed by atoms with van der Waals surface area (Å²) in [5.74, 6) is -0.408. The summed E-state index contributed by atoms with van der Waals surface area (Å²) in [6.07, 6.45) is 7.55. The Hall–Kier alpha value is -1.43. The molecule has 1 saturated heterocycles. The second-order valence-electron chi connectivity index (χ2n) is 8.68. The van der Waals surface area contributed by atoms with Gasteiger partial charge in [0.2, 0.25) is 21.8 Å². The molecule has 0 bridgehead atoms. The zero-order valence-electron chi connectivity index (χ0n) is 18.8. The Bertz CT molecular complexity index is 1190. The number of carbonyl (C=O) groups excluding carboxylic acids is 2. The molecule has 1 aromatic carbocycles. The van der Waals surface area contributed by atoms with E-state index in [4.69, 9.17) is 34.8 Å². The number of hydrogen-bond acceptors (Lipinski definition) is 6. The van der Waals surface area contributed by atoms with Gasteiger partial charge in [0.25, 0.3) is 0 Å². The molecule has 1 atom stereocenters. The van der Waals surface area contributed by atoms with Gasteiger partial charge in [0.05, 0.1) is 21.6 Å². The van der Waals surface area contributed by atoms with Crippen LogP contribution in [0.5, 0.6) is 0 Å². The van der Waals surface area contributed by atoms with E-state index in [1.165, 1.54) is 34.8 Å². The van der Waals surface area contributed by atoms with Crippen LogP contribution in [-0.4, -0.2) is 60.1 Å². The summed E-state index contributed by atoms with van der Waals surface area (Å²) in [7, 11) is -4.10. The molecule has 35 heavy (non-hydrogen) atoms. The molecule has 1 aromatic heterocycles. The number of halogens is 3. The van der Waals surface area contributed by atoms with Crippen molar-refractivity contribution in [1.82, 2.24) is 14.2 Å². The van der Waals surface area contributed by atoms with Gasteiger partial charge in [-0.15, -0.1) is 11.3 Å². The largest absolute Gasteiger partial charge is 0.328 e. The molecule has 4 rings (SSSR count). The summed E-state index contributed by atoms with van der Waals surface area (Å²) in [6.45, 7) is -0.291. The van der Waals surface area contributed by atoms with E-state index >= 15 is 0 Å². The Morgan fingerprint density at radius 2 is 1.89 bits per heavy atom. The Labute approximate surface area is 223 Å². The quantitative estimate of drug-likeness (QED) is 0.470. The van der Waals surface area contributed by atoms with Crippen LogP contribution in [0.1, 0.15) is 38.5 Å². The Morgan fingerprint density at radius 3 is 2.54 bits per heavy atom. The fourth-order valence-corrected chi connectivity index (χ4v) is 7.50. The summed E-state index contributed by atoms with van der Waals surface area (Å²) in [5, 5.41) is 4.92. The molecule has 1 aliphatic heterocycles. The van der Waals surface area contributed by atoms with Crippen molar-refractivity contribution in [2.45, 2.75) is 49.5 Å². The van der Waals surface area contributed by atoms with E-state index in [1.54, 1.807) is 11.6 Å². The highest BCUT2D eigenvalue weighted by Crippen LogP contribution is 2.37. The van der Waals surface area contributed by atoms with Crippen molar-refractivity contribution in [3.8, 4) is 0 Å². The van der Waals surface area contributed by atoms with Gasteiger partial charge in [-0.2, -0.15) is 4.31 Å². The zero-order valence-corrected chi connectivity index (χ0v) is 22.7. The lowest BCUT2D eigenvalue weighted by molar-refractivity contribution is -0.142. The minimum absolute atomic E-state index is 0.0242. The number of amides is 2. The van der Waals surface area contributed by atoms with Crippen molar-refractivity contribution in [2.75, 3.05) is 25.0 Å². The summed E-state index contributed by atoms with van der Waals surface area (Å²) in [5.41, 5.74) is 0. The van der Waals surface area contributed by atoms with Crippen LogP contribution in [0.4, 0.5) is 5.13 Å². The first-order valence-electron chi connectivity index (χ1n) is 11.3. The number of rotatable bonds is 7. The lowest BCUT2D eigenvalue weighted by atomic mass is 9.84. The van der Waals surface area contributed by atoms with Crippen molar-refractivity contribution < 1.29 is 18.0 Å². The second kappa shape index (κ2) is 11.3. The van der Waals surface area contributed by atoms with Crippen LogP contribution in [0.15, 0.2) is 28.6 Å². The first kappa shape index (κ1) is 26.6. The number of anilines is 1. The van der Waals surface area contributed by atoms with Gasteiger partial charge in [0.15, 0.2) is 5.13 Å². The highest BCUT2D eigenvalue weighted by atomic mass is 35.5. The first-order chi connectivity index (χ1) is 16.7. The predicted octanol–water partition coefficient (Wildman–Crippen LogP) is 4.91. The average Bonchev–Trinajstić information content (AvgIpc) is 3.34. The summed E-state index contributed by atoms with van der Waals surface area (Å²) < 4.78 is 27.5. The highest BCUT2D eigenvalue weighted by molar-refractivity contribution is 7.89. The van der Waals surface area contributed by atoms with Crippen LogP contribution in [0.2, 0.25) is 15.1 Å². The standard InChI is InChI=1S/C22H25Cl3N4O4S2/c23-15-6-7-17(20(25)19(15)24)35(32,33)28-9-10-29(18(30)13-28)16(12-14-4-2-1-3-5-14)21(31)27-22-26-8-11-34-22/h6-8,11,14,16H,1-5,9-10,12-13H2,(H,26,27,31)/t16-/m0/s1. The number of hydrogen-bond donors (Lipinski definition) is 1. The number of aromatic nitrogens is 1. The number of thiazole rings is 1. The first-order valence-corrected chi connectivity index (χ1v) is 14.8. The fourth-order valence-electron chi connectivity index (χ4n) is 4.63. The van der Waals surface area contributed by atoms with Gasteiger partial charge < -0.3 is 10.2 Å². The molecule has 2 heterocycles. The minimum Gasteiger partial charge on any atom is -0.328 e. The van der Waals surface area contributed by atoms with E-state index in [2.05, 4.69) is 10.3 Å². The SMILES string of the molecule is O=C(Nc1nccs1)[C@H](CC1CCCCC1)N1CCN(S(=O)(=O)c2ccc(Cl)c(Cl)c2Cl)CC1=O. The molecule has 1 N–H and O–H groups in total. The maximum Gasteiger partial charge on any atom is 0.248 e. The monoisotopic (exact) mass is 578 g/mol. The number of nitrogens with zero attached hydrogens (tertiary/aromatic N) is 3. The van der Waals surface area contributed by atoms with E-state index in [0.29, 0.717) is 17.5 Å². The molecule has 8 nitrogen and oxygen atoms in total. The van der Waals surface area contributed by atoms with Gasteiger partial charge in [-0.05, 0) is 24.5 Å². The smallest absolute Gasteiger partial charge is 0.248 e. The number of nitrogens with one attached hydrogen (secondary N) is 1. The van der Waals surface area contributed by atoms with Gasteiger partial charge in [0, 0.05) is 24.7 Å². The third-order valence-corrected chi connectivity index (χ3v) is 10.4. The summed E-state index contributed by atoms with van der Waals surface area (Å²) in [4.78, 5) is 31.9. The van der Waals surface area contributed by atoms with Gasteiger partial charge >= 0.3 is 0 Å². The predicted molar refractivity (Wildman–Crippen MR) is 138 cm³/mol. The Kier molecular flexibility index (Phi) is 8.61. The molecule has 2 amide bonds. The van der Waals surface area contributed by atoms with Crippen LogP contribution in [-0.2, 0) is 19.6 Å². The van der Waals surface area contributed by atoms with Gasteiger partial charge in [-0.1, -0.05) is 66.9 Å². The van der Waals surface area contributed by atoms with Crippen molar-refractivity contribution >= 4 is 73.1 Å². The van der Waals surface area contributed by atoms with Crippen molar-refractivity contribution in [1.29, 1.82) is 0 Å². The number of piperazine rings is 1. The molecule has 0 unspecified atom stereocenters. The van der Waals surface area contributed by atoms with E-state index in [0.717, 1.165) is 30.0 Å². The number of carbonyl (C=O) groups is 2. The molecule has 13 heteroatoms. The van der Waals surface area contributed by atoms with E-state index in [1.807, 2.05) is 0 Å². The number of sulfonamides is 1. The fraction of sp³-hybridized carbons (Fsp3) is 0.500. The molecule has 1 saturated carbocycles. The lowest BCUT2D eigenvalue weighted by Crippen LogP contribution is -2.58. The normalized spacial score (nSPS) is 19.1. The molecule has 1 aliphatic carbocycles. The topological polar surface area (TPSA) is 99.7 Å². The van der Waals surface area contributed by atoms with E-state index in [9.17, 15) is 18.0 Å². The van der Waals surface area contributed by atoms with Crippen LogP contribution in [0, 0.1) is 5.92 Å². The minimum atomic E-state index is -4.10. The third-order valence-electron chi connectivity index (χ3n) is 6.46. The Balaban J connectivity index is 1.53. The van der Waals surface area contributed by atoms with Crippen molar-refractivity contribution in [2.24, 2.45) is 5.92 Å².